The molecule has 0 saturated carbocycles. The SMILES string of the molecule is Cc1ccc(C(=O)Nc2nn(C)cc2CN)c(C)n1. The number of nitrogens with zero attached hydrogens (tertiary/aromatic N) is 3. The molecule has 2 rings (SSSR count). The summed E-state index contributed by atoms with van der Waals surface area (Å²) in [6.45, 7) is 4.03. The molecule has 2 aromatic heterocycles. The van der Waals surface area contributed by atoms with Gasteiger partial charge in [-0.25, -0.2) is 0 Å². The highest BCUT2D eigenvalue weighted by Gasteiger charge is 2.14. The summed E-state index contributed by atoms with van der Waals surface area (Å²) >= 11 is 0. The number of pyridine rings is 1. The van der Waals surface area contributed by atoms with E-state index in [2.05, 4.69) is 15.4 Å². The molecular formula is C13H17N5O. The fourth-order valence-corrected chi connectivity index (χ4v) is 1.89. The van der Waals surface area contributed by atoms with E-state index in [1.54, 1.807) is 24.0 Å². The molecule has 0 aromatic carbocycles. The average Bonchev–Trinajstić information content (AvgIpc) is 2.69. The van der Waals surface area contributed by atoms with E-state index < -0.39 is 0 Å². The van der Waals surface area contributed by atoms with Crippen LogP contribution >= 0.6 is 0 Å². The second-order valence-corrected chi connectivity index (χ2v) is 4.42. The van der Waals surface area contributed by atoms with Gasteiger partial charge in [0.15, 0.2) is 5.82 Å². The Labute approximate surface area is 111 Å². The molecular weight excluding hydrogens is 242 g/mol. The van der Waals surface area contributed by atoms with Crippen LogP contribution in [0.15, 0.2) is 18.3 Å². The zero-order valence-corrected chi connectivity index (χ0v) is 11.3. The number of aryl methyl sites for hydroxylation is 3. The van der Waals surface area contributed by atoms with Gasteiger partial charge in [-0.15, -0.1) is 0 Å². The number of rotatable bonds is 3. The predicted octanol–water partition coefficient (Wildman–Crippen LogP) is 1.14. The number of nitrogens with one attached hydrogen (secondary N) is 1. The Morgan fingerprint density at radius 1 is 1.42 bits per heavy atom. The van der Waals surface area contributed by atoms with Gasteiger partial charge < -0.3 is 11.1 Å². The normalized spacial score (nSPS) is 10.5. The summed E-state index contributed by atoms with van der Waals surface area (Å²) in [6, 6.07) is 3.57. The van der Waals surface area contributed by atoms with E-state index in [1.807, 2.05) is 19.9 Å². The van der Waals surface area contributed by atoms with Crippen LogP contribution in [-0.4, -0.2) is 20.7 Å². The van der Waals surface area contributed by atoms with Gasteiger partial charge in [0.2, 0.25) is 0 Å². The van der Waals surface area contributed by atoms with Crippen LogP contribution in [0.25, 0.3) is 0 Å². The molecule has 100 valence electrons. The van der Waals surface area contributed by atoms with Crippen molar-refractivity contribution < 1.29 is 4.79 Å². The highest BCUT2D eigenvalue weighted by Crippen LogP contribution is 2.14. The fraction of sp³-hybridized carbons (Fsp3) is 0.308. The molecule has 19 heavy (non-hydrogen) atoms. The highest BCUT2D eigenvalue weighted by atomic mass is 16.1. The van der Waals surface area contributed by atoms with E-state index in [1.165, 1.54) is 0 Å². The maximum absolute atomic E-state index is 12.2. The van der Waals surface area contributed by atoms with Crippen LogP contribution in [0.1, 0.15) is 27.3 Å². The molecule has 2 heterocycles. The molecule has 3 N–H and O–H groups in total. The van der Waals surface area contributed by atoms with Gasteiger partial charge in [0.1, 0.15) is 0 Å². The first-order valence-corrected chi connectivity index (χ1v) is 5.99. The summed E-state index contributed by atoms with van der Waals surface area (Å²) in [5.41, 5.74) is 8.53. The molecule has 0 aliphatic heterocycles. The minimum absolute atomic E-state index is 0.224. The van der Waals surface area contributed by atoms with Gasteiger partial charge in [0.05, 0.1) is 11.3 Å². The van der Waals surface area contributed by atoms with E-state index in [0.29, 0.717) is 23.6 Å². The van der Waals surface area contributed by atoms with Crippen molar-refractivity contribution in [2.45, 2.75) is 20.4 Å². The van der Waals surface area contributed by atoms with Gasteiger partial charge in [-0.3, -0.25) is 14.5 Å². The molecule has 0 aliphatic rings. The molecule has 2 aromatic rings. The zero-order chi connectivity index (χ0) is 14.0. The largest absolute Gasteiger partial charge is 0.326 e. The number of anilines is 1. The molecule has 0 radical (unpaired) electrons. The molecule has 0 bridgehead atoms. The van der Waals surface area contributed by atoms with E-state index in [4.69, 9.17) is 5.73 Å². The average molecular weight is 259 g/mol. The molecule has 6 nitrogen and oxygen atoms in total. The number of carbonyl (C=O) groups excluding carboxylic acids is 1. The second-order valence-electron chi connectivity index (χ2n) is 4.42. The molecule has 6 heteroatoms. The van der Waals surface area contributed by atoms with Crippen LogP contribution in [-0.2, 0) is 13.6 Å². The van der Waals surface area contributed by atoms with Crippen molar-refractivity contribution in [2.24, 2.45) is 12.8 Å². The number of amides is 1. The van der Waals surface area contributed by atoms with Gasteiger partial charge in [-0.2, -0.15) is 5.10 Å². The lowest BCUT2D eigenvalue weighted by Gasteiger charge is -2.06. The molecule has 0 spiro atoms. The first-order chi connectivity index (χ1) is 9.01. The Kier molecular flexibility index (Phi) is 3.62. The standard InChI is InChI=1S/C13H17N5O/c1-8-4-5-11(9(2)15-8)13(19)16-12-10(6-14)7-18(3)17-12/h4-5,7H,6,14H2,1-3H3,(H,16,17,19). The quantitative estimate of drug-likeness (QED) is 0.865. The Morgan fingerprint density at radius 2 is 2.16 bits per heavy atom. The Balaban J connectivity index is 2.25. The third-order valence-corrected chi connectivity index (χ3v) is 2.83. The first kappa shape index (κ1) is 13.2. The van der Waals surface area contributed by atoms with Crippen LogP contribution in [0.5, 0.6) is 0 Å². The second kappa shape index (κ2) is 5.19. The van der Waals surface area contributed by atoms with Gasteiger partial charge >= 0.3 is 0 Å². The lowest BCUT2D eigenvalue weighted by Crippen LogP contribution is -2.16. The van der Waals surface area contributed by atoms with E-state index in [9.17, 15) is 4.79 Å². The maximum Gasteiger partial charge on any atom is 0.258 e. The molecule has 0 aliphatic carbocycles. The van der Waals surface area contributed by atoms with Gasteiger partial charge in [-0.05, 0) is 26.0 Å². The smallest absolute Gasteiger partial charge is 0.258 e. The van der Waals surface area contributed by atoms with Crippen LogP contribution in [0.2, 0.25) is 0 Å². The summed E-state index contributed by atoms with van der Waals surface area (Å²) in [6.07, 6.45) is 1.79. The number of hydrogen-bond acceptors (Lipinski definition) is 4. The topological polar surface area (TPSA) is 85.8 Å². The van der Waals surface area contributed by atoms with Crippen molar-refractivity contribution in [3.63, 3.8) is 0 Å². The molecule has 0 atom stereocenters. The summed E-state index contributed by atoms with van der Waals surface area (Å²) < 4.78 is 1.62. The molecule has 0 saturated heterocycles. The first-order valence-electron chi connectivity index (χ1n) is 5.99. The van der Waals surface area contributed by atoms with E-state index in [-0.39, 0.29) is 5.91 Å². The summed E-state index contributed by atoms with van der Waals surface area (Å²) in [5, 5.41) is 6.95. The van der Waals surface area contributed by atoms with Crippen molar-refractivity contribution >= 4 is 11.7 Å². The molecule has 0 unspecified atom stereocenters. The van der Waals surface area contributed by atoms with Crippen molar-refractivity contribution in [1.29, 1.82) is 0 Å². The number of aromatic nitrogens is 3. The highest BCUT2D eigenvalue weighted by molar-refractivity contribution is 6.04. The summed E-state index contributed by atoms with van der Waals surface area (Å²) in [4.78, 5) is 16.5. The number of carbonyl (C=O) groups is 1. The number of nitrogens with two attached hydrogens (primary N) is 1. The monoisotopic (exact) mass is 259 g/mol. The van der Waals surface area contributed by atoms with Crippen molar-refractivity contribution in [1.82, 2.24) is 14.8 Å². The lowest BCUT2D eigenvalue weighted by molar-refractivity contribution is 0.102. The Bertz CT molecular complexity index is 617. The van der Waals surface area contributed by atoms with Crippen molar-refractivity contribution in [3.8, 4) is 0 Å². The molecule has 1 amide bonds. The zero-order valence-electron chi connectivity index (χ0n) is 11.3. The van der Waals surface area contributed by atoms with Crippen LogP contribution < -0.4 is 11.1 Å². The third kappa shape index (κ3) is 2.79. The lowest BCUT2D eigenvalue weighted by atomic mass is 10.1. The Hall–Kier alpha value is -2.21. The van der Waals surface area contributed by atoms with Gasteiger partial charge in [0, 0.05) is 31.0 Å². The third-order valence-electron chi connectivity index (χ3n) is 2.83. The van der Waals surface area contributed by atoms with Gasteiger partial charge in [-0.1, -0.05) is 0 Å². The van der Waals surface area contributed by atoms with Crippen molar-refractivity contribution in [2.75, 3.05) is 5.32 Å². The van der Waals surface area contributed by atoms with E-state index >= 15 is 0 Å². The summed E-state index contributed by atoms with van der Waals surface area (Å²) in [5.74, 6) is 0.272. The van der Waals surface area contributed by atoms with Crippen molar-refractivity contribution in [3.05, 3.63) is 40.8 Å². The molecule has 0 fully saturated rings. The van der Waals surface area contributed by atoms with Gasteiger partial charge in [0.25, 0.3) is 5.91 Å². The minimum atomic E-state index is -0.224. The van der Waals surface area contributed by atoms with E-state index in [0.717, 1.165) is 11.3 Å². The van der Waals surface area contributed by atoms with Crippen LogP contribution in [0.3, 0.4) is 0 Å². The number of hydrogen-bond donors (Lipinski definition) is 2. The summed E-state index contributed by atoms with van der Waals surface area (Å²) in [7, 11) is 1.79. The van der Waals surface area contributed by atoms with Crippen LogP contribution in [0.4, 0.5) is 5.82 Å². The van der Waals surface area contributed by atoms with Crippen LogP contribution in [0, 0.1) is 13.8 Å². The predicted molar refractivity (Wildman–Crippen MR) is 72.8 cm³/mol. The minimum Gasteiger partial charge on any atom is -0.326 e. The fourth-order valence-electron chi connectivity index (χ4n) is 1.89. The Morgan fingerprint density at radius 3 is 2.79 bits per heavy atom. The maximum atomic E-state index is 12.2.